The van der Waals surface area contributed by atoms with Gasteiger partial charge in [-0.1, -0.05) is 5.04 Å². The van der Waals surface area contributed by atoms with Crippen LogP contribution in [0.2, 0.25) is 0 Å². The summed E-state index contributed by atoms with van der Waals surface area (Å²) in [5.74, 6) is -1.84. The quantitative estimate of drug-likeness (QED) is 0.200. The van der Waals surface area contributed by atoms with Gasteiger partial charge in [0.15, 0.2) is 5.75 Å². The lowest BCUT2D eigenvalue weighted by molar-refractivity contribution is -0.432. The van der Waals surface area contributed by atoms with Crippen LogP contribution >= 0.6 is 12.0 Å². The second-order valence-electron chi connectivity index (χ2n) is 2.44. The van der Waals surface area contributed by atoms with Crippen molar-refractivity contribution < 1.29 is 29.6 Å². The van der Waals surface area contributed by atoms with E-state index in [1.54, 1.807) is 0 Å². The Labute approximate surface area is 88.1 Å². The molecular formula is C7H7NO6S. The van der Waals surface area contributed by atoms with E-state index in [1.807, 2.05) is 0 Å². The van der Waals surface area contributed by atoms with Gasteiger partial charge in [0.2, 0.25) is 0 Å². The van der Waals surface area contributed by atoms with Crippen LogP contribution in [0.15, 0.2) is 17.0 Å². The maximum absolute atomic E-state index is 10.7. The molecule has 0 saturated heterocycles. The van der Waals surface area contributed by atoms with Crippen LogP contribution < -0.4 is 5.73 Å². The molecule has 0 aliphatic rings. The number of carboxylic acid groups (broad SMARTS) is 1. The maximum Gasteiger partial charge on any atom is 0.339 e. The van der Waals surface area contributed by atoms with E-state index in [2.05, 4.69) is 9.37 Å². The van der Waals surface area contributed by atoms with E-state index in [-0.39, 0.29) is 16.1 Å². The third-order valence-electron chi connectivity index (χ3n) is 1.50. The summed E-state index contributed by atoms with van der Waals surface area (Å²) in [6.45, 7) is 0. The molecule has 0 heterocycles. The van der Waals surface area contributed by atoms with E-state index >= 15 is 0 Å². The number of hydrogen-bond donors (Lipinski definition) is 4. The summed E-state index contributed by atoms with van der Waals surface area (Å²) in [7, 11) is 0. The molecule has 1 rings (SSSR count). The minimum absolute atomic E-state index is 0.112. The summed E-state index contributed by atoms with van der Waals surface area (Å²) in [4.78, 5) is 10.9. The van der Waals surface area contributed by atoms with Crippen LogP contribution in [0.4, 0.5) is 5.69 Å². The Morgan fingerprint density at radius 2 is 2.13 bits per heavy atom. The molecule has 0 aliphatic heterocycles. The van der Waals surface area contributed by atoms with E-state index in [1.165, 1.54) is 6.07 Å². The molecule has 0 unspecified atom stereocenters. The van der Waals surface area contributed by atoms with Crippen LogP contribution in [0.5, 0.6) is 5.75 Å². The van der Waals surface area contributed by atoms with Crippen LogP contribution in [0, 0.1) is 0 Å². The van der Waals surface area contributed by atoms with Crippen LogP contribution in [-0.2, 0) is 9.37 Å². The molecule has 15 heavy (non-hydrogen) atoms. The molecule has 8 heteroatoms. The molecule has 0 bridgehead atoms. The minimum atomic E-state index is -1.33. The molecule has 0 atom stereocenters. The van der Waals surface area contributed by atoms with Gasteiger partial charge in [0.25, 0.3) is 0 Å². The van der Waals surface area contributed by atoms with Gasteiger partial charge in [-0.25, -0.2) is 10.1 Å². The maximum atomic E-state index is 10.7. The van der Waals surface area contributed by atoms with Gasteiger partial charge in [0, 0.05) is 4.90 Å². The molecule has 0 aliphatic carbocycles. The molecular weight excluding hydrogens is 226 g/mol. The molecule has 0 aromatic heterocycles. The van der Waals surface area contributed by atoms with Crippen molar-refractivity contribution in [2.75, 3.05) is 5.73 Å². The fraction of sp³-hybridized carbons (Fsp3) is 0. The van der Waals surface area contributed by atoms with Gasteiger partial charge in [-0.05, 0) is 12.1 Å². The smallest absolute Gasteiger partial charge is 0.339 e. The number of nitrogen functional groups attached to an aromatic ring is 1. The van der Waals surface area contributed by atoms with Crippen molar-refractivity contribution in [1.82, 2.24) is 0 Å². The number of phenols is 1. The van der Waals surface area contributed by atoms with Crippen molar-refractivity contribution in [1.29, 1.82) is 0 Å². The SMILES string of the molecule is Nc1cc(SOOO)cc(C(=O)O)c1O. The number of hydrogen-bond acceptors (Lipinski definition) is 7. The van der Waals surface area contributed by atoms with Gasteiger partial charge in [0.05, 0.1) is 17.7 Å². The van der Waals surface area contributed by atoms with Crippen molar-refractivity contribution in [3.05, 3.63) is 17.7 Å². The van der Waals surface area contributed by atoms with Gasteiger partial charge in [-0.3, -0.25) is 0 Å². The lowest BCUT2D eigenvalue weighted by Gasteiger charge is -2.05. The number of benzene rings is 1. The number of carbonyl (C=O) groups is 1. The molecule has 0 fully saturated rings. The summed E-state index contributed by atoms with van der Waals surface area (Å²) in [6, 6.07) is 2.39. The Morgan fingerprint density at radius 3 is 2.67 bits per heavy atom. The zero-order valence-electron chi connectivity index (χ0n) is 7.21. The third kappa shape index (κ3) is 2.73. The highest BCUT2D eigenvalue weighted by Crippen LogP contribution is 2.31. The van der Waals surface area contributed by atoms with Gasteiger partial charge in [-0.15, -0.1) is 4.33 Å². The van der Waals surface area contributed by atoms with Crippen molar-refractivity contribution in [3.8, 4) is 5.75 Å². The first-order valence-electron chi connectivity index (χ1n) is 3.56. The molecule has 1 aromatic carbocycles. The number of rotatable bonds is 4. The molecule has 1 aromatic rings. The molecule has 0 radical (unpaired) electrons. The van der Waals surface area contributed by atoms with Crippen molar-refractivity contribution >= 4 is 23.7 Å². The topological polar surface area (TPSA) is 122 Å². The normalized spacial score (nSPS) is 10.2. The average molecular weight is 233 g/mol. The lowest BCUT2D eigenvalue weighted by Crippen LogP contribution is -2.00. The first kappa shape index (κ1) is 11.6. The summed E-state index contributed by atoms with van der Waals surface area (Å²) in [6.07, 6.45) is 0. The fourth-order valence-corrected chi connectivity index (χ4v) is 1.35. The van der Waals surface area contributed by atoms with Crippen molar-refractivity contribution in [2.45, 2.75) is 4.90 Å². The monoisotopic (exact) mass is 233 g/mol. The Hall–Kier alpha value is -1.48. The number of anilines is 1. The second-order valence-corrected chi connectivity index (χ2v) is 3.21. The predicted molar refractivity (Wildman–Crippen MR) is 50.1 cm³/mol. The van der Waals surface area contributed by atoms with Crippen LogP contribution in [-0.4, -0.2) is 21.4 Å². The van der Waals surface area contributed by atoms with E-state index < -0.39 is 11.7 Å². The van der Waals surface area contributed by atoms with Gasteiger partial charge < -0.3 is 15.9 Å². The highest BCUT2D eigenvalue weighted by Gasteiger charge is 2.14. The zero-order valence-corrected chi connectivity index (χ0v) is 8.02. The number of nitrogens with two attached hydrogens (primary N) is 1. The highest BCUT2D eigenvalue weighted by molar-refractivity contribution is 7.94. The predicted octanol–water partition coefficient (Wildman–Crippen LogP) is 1.10. The fourth-order valence-electron chi connectivity index (χ4n) is 0.895. The molecule has 0 saturated carbocycles. The van der Waals surface area contributed by atoms with E-state index in [0.29, 0.717) is 12.0 Å². The number of aromatic carboxylic acids is 1. The van der Waals surface area contributed by atoms with Crippen molar-refractivity contribution in [2.24, 2.45) is 0 Å². The molecule has 5 N–H and O–H groups in total. The summed E-state index contributed by atoms with van der Waals surface area (Å²) < 4.78 is 4.09. The van der Waals surface area contributed by atoms with Gasteiger partial charge >= 0.3 is 5.97 Å². The Kier molecular flexibility index (Phi) is 3.74. The van der Waals surface area contributed by atoms with Crippen LogP contribution in [0.25, 0.3) is 0 Å². The van der Waals surface area contributed by atoms with Gasteiger partial charge in [0.1, 0.15) is 5.56 Å². The largest absolute Gasteiger partial charge is 0.505 e. The molecule has 7 nitrogen and oxygen atoms in total. The molecule has 0 amide bonds. The van der Waals surface area contributed by atoms with Gasteiger partial charge in [-0.2, -0.15) is 0 Å². The van der Waals surface area contributed by atoms with Crippen LogP contribution in [0.1, 0.15) is 10.4 Å². The Balaban J connectivity index is 3.06. The minimum Gasteiger partial charge on any atom is -0.505 e. The van der Waals surface area contributed by atoms with E-state index in [0.717, 1.165) is 6.07 Å². The first-order valence-corrected chi connectivity index (χ1v) is 4.31. The standard InChI is InChI=1S/C7H7NO6S/c8-5-2-3(15-14-13-12)1-4(6(5)9)7(10)11/h1-2,9,12H,8H2,(H,10,11). The molecule has 0 spiro atoms. The molecule has 82 valence electrons. The van der Waals surface area contributed by atoms with Crippen LogP contribution in [0.3, 0.4) is 0 Å². The Morgan fingerprint density at radius 1 is 1.47 bits per heavy atom. The zero-order chi connectivity index (χ0) is 11.4. The third-order valence-corrected chi connectivity index (χ3v) is 2.06. The van der Waals surface area contributed by atoms with E-state index in [4.69, 9.17) is 16.1 Å². The summed E-state index contributed by atoms with van der Waals surface area (Å²) in [5, 5.41) is 29.2. The highest BCUT2D eigenvalue weighted by atomic mass is 32.2. The second kappa shape index (κ2) is 4.84. The number of aromatic hydroxyl groups is 1. The lowest BCUT2D eigenvalue weighted by atomic mass is 10.2. The summed E-state index contributed by atoms with van der Waals surface area (Å²) >= 11 is 0.548. The number of carboxylic acids is 1. The Bertz CT molecular complexity index is 382. The van der Waals surface area contributed by atoms with Crippen molar-refractivity contribution in [3.63, 3.8) is 0 Å². The first-order chi connectivity index (χ1) is 7.06. The van der Waals surface area contributed by atoms with E-state index in [9.17, 15) is 9.90 Å². The average Bonchev–Trinajstić information content (AvgIpc) is 2.19. The summed E-state index contributed by atoms with van der Waals surface area (Å²) in [5.41, 5.74) is 4.87.